The van der Waals surface area contributed by atoms with Crippen molar-refractivity contribution in [3.8, 4) is 0 Å². The molecule has 1 saturated heterocycles. The van der Waals surface area contributed by atoms with Gasteiger partial charge in [-0.15, -0.1) is 11.8 Å². The largest absolute Gasteiger partial charge is 0.362 e. The number of rotatable bonds is 2. The van der Waals surface area contributed by atoms with Crippen molar-refractivity contribution in [3.63, 3.8) is 0 Å². The minimum Gasteiger partial charge on any atom is -0.362 e. The van der Waals surface area contributed by atoms with Gasteiger partial charge in [-0.25, -0.2) is 0 Å². The van der Waals surface area contributed by atoms with Crippen molar-refractivity contribution in [2.75, 3.05) is 26.4 Å². The van der Waals surface area contributed by atoms with Crippen molar-refractivity contribution < 1.29 is 4.74 Å². The second kappa shape index (κ2) is 3.60. The average Bonchev–Trinajstić information content (AvgIpc) is 2.13. The average molecular weight is 161 g/mol. The minimum absolute atomic E-state index is 0.407. The maximum absolute atomic E-state index is 5.59. The molecular formula is C7H15NOS. The van der Waals surface area contributed by atoms with E-state index in [1.54, 1.807) is 0 Å². The van der Waals surface area contributed by atoms with Crippen molar-refractivity contribution in [2.24, 2.45) is 0 Å². The van der Waals surface area contributed by atoms with Crippen molar-refractivity contribution in [1.29, 1.82) is 0 Å². The quantitative estimate of drug-likeness (QED) is 0.600. The molecule has 0 aromatic rings. The van der Waals surface area contributed by atoms with Gasteiger partial charge in [-0.1, -0.05) is 0 Å². The van der Waals surface area contributed by atoms with Gasteiger partial charge in [-0.05, 0) is 21.0 Å². The van der Waals surface area contributed by atoms with Crippen molar-refractivity contribution in [3.05, 3.63) is 0 Å². The lowest BCUT2D eigenvalue weighted by molar-refractivity contribution is 0.0578. The van der Waals surface area contributed by atoms with Crippen LogP contribution in [0.25, 0.3) is 0 Å². The zero-order valence-corrected chi connectivity index (χ0v) is 7.65. The second-order valence-electron chi connectivity index (χ2n) is 2.92. The zero-order valence-electron chi connectivity index (χ0n) is 6.83. The molecule has 10 heavy (non-hydrogen) atoms. The van der Waals surface area contributed by atoms with Gasteiger partial charge in [0, 0.05) is 12.3 Å². The number of hydrogen-bond acceptors (Lipinski definition) is 3. The molecule has 1 aliphatic heterocycles. The molecule has 2 atom stereocenters. The molecule has 1 fully saturated rings. The summed E-state index contributed by atoms with van der Waals surface area (Å²) >= 11 is 1.90. The minimum atomic E-state index is 0.407. The Balaban J connectivity index is 2.18. The SMILES string of the molecule is C[C@@H]1O[C@@H](CN(C)C)CS1. The summed E-state index contributed by atoms with van der Waals surface area (Å²) in [6.45, 7) is 3.16. The van der Waals surface area contributed by atoms with E-state index in [0.29, 0.717) is 11.5 Å². The summed E-state index contributed by atoms with van der Waals surface area (Å²) in [4.78, 5) is 2.17. The third kappa shape index (κ3) is 2.48. The molecule has 0 N–H and O–H groups in total. The molecule has 0 bridgehead atoms. The highest BCUT2D eigenvalue weighted by molar-refractivity contribution is 7.99. The molecule has 1 heterocycles. The smallest absolute Gasteiger partial charge is 0.100 e. The standard InChI is InChI=1S/C7H15NOS/c1-6-9-7(5-10-6)4-8(2)3/h6-7H,4-5H2,1-3H3/t6-,7+/m1/s1. The van der Waals surface area contributed by atoms with Gasteiger partial charge in [-0.2, -0.15) is 0 Å². The van der Waals surface area contributed by atoms with Crippen LogP contribution in [0.5, 0.6) is 0 Å². The van der Waals surface area contributed by atoms with Crippen molar-refractivity contribution in [2.45, 2.75) is 18.5 Å². The van der Waals surface area contributed by atoms with Crippen LogP contribution in [0.4, 0.5) is 0 Å². The highest BCUT2D eigenvalue weighted by Gasteiger charge is 2.22. The van der Waals surface area contributed by atoms with Crippen LogP contribution in [0, 0.1) is 0 Å². The molecule has 0 radical (unpaired) electrons. The fourth-order valence-corrected chi connectivity index (χ4v) is 2.00. The second-order valence-corrected chi connectivity index (χ2v) is 4.25. The van der Waals surface area contributed by atoms with E-state index in [-0.39, 0.29) is 0 Å². The fraction of sp³-hybridized carbons (Fsp3) is 1.00. The Kier molecular flexibility index (Phi) is 3.01. The predicted octanol–water partition coefficient (Wildman–Crippen LogP) is 1.03. The van der Waals surface area contributed by atoms with Gasteiger partial charge in [-0.3, -0.25) is 0 Å². The van der Waals surface area contributed by atoms with Gasteiger partial charge in [0.1, 0.15) is 5.44 Å². The Morgan fingerprint density at radius 1 is 1.60 bits per heavy atom. The molecule has 3 heteroatoms. The number of thioether (sulfide) groups is 1. The number of ether oxygens (including phenoxy) is 1. The lowest BCUT2D eigenvalue weighted by Crippen LogP contribution is -2.27. The summed E-state index contributed by atoms with van der Waals surface area (Å²) in [5, 5.41) is 0. The summed E-state index contributed by atoms with van der Waals surface area (Å²) in [6.07, 6.45) is 0.454. The van der Waals surface area contributed by atoms with Crippen LogP contribution in [0.2, 0.25) is 0 Å². The van der Waals surface area contributed by atoms with E-state index in [1.165, 1.54) is 0 Å². The number of nitrogens with zero attached hydrogens (tertiary/aromatic N) is 1. The normalized spacial score (nSPS) is 33.6. The van der Waals surface area contributed by atoms with Crippen LogP contribution in [0.3, 0.4) is 0 Å². The van der Waals surface area contributed by atoms with Crippen molar-refractivity contribution >= 4 is 11.8 Å². The molecule has 0 aromatic carbocycles. The molecule has 0 unspecified atom stereocenters. The van der Waals surface area contributed by atoms with E-state index >= 15 is 0 Å². The van der Waals surface area contributed by atoms with E-state index in [9.17, 15) is 0 Å². The third-order valence-electron chi connectivity index (χ3n) is 1.47. The number of likely N-dealkylation sites (N-methyl/N-ethyl adjacent to an activating group) is 1. The first-order valence-corrected chi connectivity index (χ1v) is 4.65. The van der Waals surface area contributed by atoms with Gasteiger partial charge in [0.2, 0.25) is 0 Å². The molecule has 0 amide bonds. The Labute approximate surface area is 66.9 Å². The van der Waals surface area contributed by atoms with Crippen molar-refractivity contribution in [1.82, 2.24) is 4.90 Å². The molecular weight excluding hydrogens is 146 g/mol. The van der Waals surface area contributed by atoms with Gasteiger partial charge in [0.25, 0.3) is 0 Å². The molecule has 1 rings (SSSR count). The Morgan fingerprint density at radius 3 is 2.70 bits per heavy atom. The predicted molar refractivity (Wildman–Crippen MR) is 45.3 cm³/mol. The molecule has 0 aliphatic carbocycles. The fourth-order valence-electron chi connectivity index (χ4n) is 1.10. The summed E-state index contributed by atoms with van der Waals surface area (Å²) in [7, 11) is 4.16. The lowest BCUT2D eigenvalue weighted by Gasteiger charge is -2.14. The van der Waals surface area contributed by atoms with Crippen LogP contribution in [-0.4, -0.2) is 42.8 Å². The summed E-state index contributed by atoms with van der Waals surface area (Å²) in [6, 6.07) is 0. The summed E-state index contributed by atoms with van der Waals surface area (Å²) < 4.78 is 5.59. The van der Waals surface area contributed by atoms with Gasteiger partial charge < -0.3 is 9.64 Å². The lowest BCUT2D eigenvalue weighted by atomic mass is 10.4. The van der Waals surface area contributed by atoms with Crippen LogP contribution >= 0.6 is 11.8 Å². The van der Waals surface area contributed by atoms with E-state index < -0.39 is 0 Å². The van der Waals surface area contributed by atoms with Crippen LogP contribution in [0.1, 0.15) is 6.92 Å². The first-order valence-electron chi connectivity index (χ1n) is 3.60. The third-order valence-corrected chi connectivity index (χ3v) is 2.61. The molecule has 0 saturated carbocycles. The molecule has 0 aromatic heterocycles. The van der Waals surface area contributed by atoms with Gasteiger partial charge in [0.15, 0.2) is 0 Å². The van der Waals surface area contributed by atoms with Crippen LogP contribution in [0.15, 0.2) is 0 Å². The Morgan fingerprint density at radius 2 is 2.30 bits per heavy atom. The highest BCUT2D eigenvalue weighted by atomic mass is 32.2. The maximum atomic E-state index is 5.59. The van der Waals surface area contributed by atoms with Gasteiger partial charge in [0.05, 0.1) is 6.10 Å². The first kappa shape index (κ1) is 8.37. The van der Waals surface area contributed by atoms with Crippen LogP contribution in [-0.2, 0) is 4.74 Å². The summed E-state index contributed by atoms with van der Waals surface area (Å²) in [5.74, 6) is 1.15. The Hall–Kier alpha value is 0.270. The van der Waals surface area contributed by atoms with E-state index in [2.05, 4.69) is 25.9 Å². The monoisotopic (exact) mass is 161 g/mol. The number of hydrogen-bond donors (Lipinski definition) is 0. The topological polar surface area (TPSA) is 12.5 Å². The Bertz CT molecular complexity index is 108. The zero-order chi connectivity index (χ0) is 7.56. The van der Waals surface area contributed by atoms with E-state index in [4.69, 9.17) is 4.74 Å². The molecule has 1 aliphatic rings. The van der Waals surface area contributed by atoms with Gasteiger partial charge >= 0.3 is 0 Å². The maximum Gasteiger partial charge on any atom is 0.100 e. The molecule has 60 valence electrons. The summed E-state index contributed by atoms with van der Waals surface area (Å²) in [5.41, 5.74) is 0.407. The van der Waals surface area contributed by atoms with E-state index in [0.717, 1.165) is 12.3 Å². The molecule has 2 nitrogen and oxygen atoms in total. The first-order chi connectivity index (χ1) is 4.68. The van der Waals surface area contributed by atoms with E-state index in [1.807, 2.05) is 11.8 Å². The molecule has 0 spiro atoms. The van der Waals surface area contributed by atoms with Crippen LogP contribution < -0.4 is 0 Å². The highest BCUT2D eigenvalue weighted by Crippen LogP contribution is 2.24.